The third-order valence-corrected chi connectivity index (χ3v) is 3.89. The first-order valence-corrected chi connectivity index (χ1v) is 6.53. The van der Waals surface area contributed by atoms with Crippen molar-refractivity contribution in [1.29, 1.82) is 0 Å². The molecule has 1 aromatic rings. The summed E-state index contributed by atoms with van der Waals surface area (Å²) in [6.45, 7) is 0. The van der Waals surface area contributed by atoms with Crippen LogP contribution >= 0.6 is 11.8 Å². The molecule has 1 unspecified atom stereocenters. The SMILES string of the molecule is OC(CSc1ncco1)CC1CCCC1. The van der Waals surface area contributed by atoms with Crippen molar-refractivity contribution in [3.05, 3.63) is 12.5 Å². The summed E-state index contributed by atoms with van der Waals surface area (Å²) < 4.78 is 5.09. The minimum absolute atomic E-state index is 0.218. The molecule has 1 saturated carbocycles. The molecule has 0 amide bonds. The average Bonchev–Trinajstić information content (AvgIpc) is 2.86. The lowest BCUT2D eigenvalue weighted by Gasteiger charge is -2.13. The summed E-state index contributed by atoms with van der Waals surface area (Å²) >= 11 is 1.49. The zero-order valence-corrected chi connectivity index (χ0v) is 9.58. The molecule has 1 atom stereocenters. The molecule has 1 N–H and O–H groups in total. The van der Waals surface area contributed by atoms with Gasteiger partial charge in [-0.15, -0.1) is 0 Å². The highest BCUT2D eigenvalue weighted by Crippen LogP contribution is 2.29. The topological polar surface area (TPSA) is 46.3 Å². The molecule has 0 radical (unpaired) electrons. The highest BCUT2D eigenvalue weighted by Gasteiger charge is 2.19. The van der Waals surface area contributed by atoms with Crippen molar-refractivity contribution in [2.45, 2.75) is 43.4 Å². The predicted molar refractivity (Wildman–Crippen MR) is 59.8 cm³/mol. The number of hydrogen-bond acceptors (Lipinski definition) is 4. The number of aliphatic hydroxyl groups is 1. The van der Waals surface area contributed by atoms with Crippen LogP contribution in [0.15, 0.2) is 22.1 Å². The van der Waals surface area contributed by atoms with Crippen LogP contribution < -0.4 is 0 Å². The number of aliphatic hydroxyl groups excluding tert-OH is 1. The Labute approximate surface area is 94.3 Å². The van der Waals surface area contributed by atoms with Crippen molar-refractivity contribution in [2.24, 2.45) is 5.92 Å². The molecular formula is C11H17NO2S. The molecule has 4 heteroatoms. The molecule has 2 rings (SSSR count). The summed E-state index contributed by atoms with van der Waals surface area (Å²) in [6.07, 6.45) is 9.17. The van der Waals surface area contributed by atoms with Crippen molar-refractivity contribution in [1.82, 2.24) is 4.98 Å². The smallest absolute Gasteiger partial charge is 0.255 e. The average molecular weight is 227 g/mol. The zero-order chi connectivity index (χ0) is 10.5. The van der Waals surface area contributed by atoms with E-state index in [2.05, 4.69) is 4.98 Å². The molecule has 0 saturated heterocycles. The fourth-order valence-electron chi connectivity index (χ4n) is 2.15. The van der Waals surface area contributed by atoms with Gasteiger partial charge in [-0.3, -0.25) is 0 Å². The fourth-order valence-corrected chi connectivity index (χ4v) is 2.88. The molecule has 0 bridgehead atoms. The van der Waals surface area contributed by atoms with Crippen LogP contribution in [0, 0.1) is 5.92 Å². The Kier molecular flexibility index (Phi) is 4.09. The van der Waals surface area contributed by atoms with E-state index in [4.69, 9.17) is 4.42 Å². The summed E-state index contributed by atoms with van der Waals surface area (Å²) in [5, 5.41) is 10.5. The van der Waals surface area contributed by atoms with Gasteiger partial charge >= 0.3 is 0 Å². The van der Waals surface area contributed by atoms with Crippen LogP contribution in [0.4, 0.5) is 0 Å². The second kappa shape index (κ2) is 5.56. The van der Waals surface area contributed by atoms with Crippen LogP contribution in [0.25, 0.3) is 0 Å². The first-order valence-electron chi connectivity index (χ1n) is 5.55. The van der Waals surface area contributed by atoms with Gasteiger partial charge in [0.2, 0.25) is 0 Å². The molecule has 84 valence electrons. The Balaban J connectivity index is 1.66. The second-order valence-electron chi connectivity index (χ2n) is 4.15. The Morgan fingerprint density at radius 3 is 3.00 bits per heavy atom. The maximum absolute atomic E-state index is 9.82. The number of oxazole rings is 1. The summed E-state index contributed by atoms with van der Waals surface area (Å²) in [7, 11) is 0. The van der Waals surface area contributed by atoms with E-state index in [1.165, 1.54) is 37.4 Å². The van der Waals surface area contributed by atoms with Crippen LogP contribution in [-0.2, 0) is 0 Å². The second-order valence-corrected chi connectivity index (χ2v) is 5.12. The Bertz CT molecular complexity index is 270. The molecular weight excluding hydrogens is 210 g/mol. The molecule has 1 aromatic heterocycles. The summed E-state index contributed by atoms with van der Waals surface area (Å²) in [5.41, 5.74) is 0. The lowest BCUT2D eigenvalue weighted by Crippen LogP contribution is -2.14. The van der Waals surface area contributed by atoms with E-state index < -0.39 is 0 Å². The van der Waals surface area contributed by atoms with Crippen molar-refractivity contribution in [3.8, 4) is 0 Å². The number of thioether (sulfide) groups is 1. The molecule has 0 aromatic carbocycles. The number of rotatable bonds is 5. The van der Waals surface area contributed by atoms with E-state index >= 15 is 0 Å². The molecule has 0 spiro atoms. The number of nitrogens with zero attached hydrogens (tertiary/aromatic N) is 1. The quantitative estimate of drug-likeness (QED) is 0.786. The lowest BCUT2D eigenvalue weighted by molar-refractivity contribution is 0.165. The van der Waals surface area contributed by atoms with Gasteiger partial charge in [-0.05, 0) is 12.3 Å². The Morgan fingerprint density at radius 1 is 1.53 bits per heavy atom. The third kappa shape index (κ3) is 3.54. The molecule has 15 heavy (non-hydrogen) atoms. The van der Waals surface area contributed by atoms with Gasteiger partial charge in [0, 0.05) is 5.75 Å². The standard InChI is InChI=1S/C11H17NO2S/c13-10(7-9-3-1-2-4-9)8-15-11-12-5-6-14-11/h5-6,9-10,13H,1-4,7-8H2. The van der Waals surface area contributed by atoms with Gasteiger partial charge in [0.05, 0.1) is 12.3 Å². The van der Waals surface area contributed by atoms with Crippen molar-refractivity contribution >= 4 is 11.8 Å². The minimum Gasteiger partial charge on any atom is -0.440 e. The molecule has 1 aliphatic rings. The van der Waals surface area contributed by atoms with Gasteiger partial charge in [0.1, 0.15) is 6.26 Å². The van der Waals surface area contributed by atoms with Crippen LogP contribution in [0.3, 0.4) is 0 Å². The van der Waals surface area contributed by atoms with E-state index in [9.17, 15) is 5.11 Å². The van der Waals surface area contributed by atoms with Crippen LogP contribution in [-0.4, -0.2) is 21.9 Å². The zero-order valence-electron chi connectivity index (χ0n) is 8.76. The lowest BCUT2D eigenvalue weighted by atomic mass is 10.0. The Hall–Kier alpha value is -0.480. The maximum Gasteiger partial charge on any atom is 0.255 e. The largest absolute Gasteiger partial charge is 0.440 e. The molecule has 0 aliphatic heterocycles. The van der Waals surface area contributed by atoms with E-state index in [0.29, 0.717) is 11.0 Å². The van der Waals surface area contributed by atoms with Gasteiger partial charge < -0.3 is 9.52 Å². The predicted octanol–water partition coefficient (Wildman–Crippen LogP) is 2.71. The molecule has 3 nitrogen and oxygen atoms in total. The van der Waals surface area contributed by atoms with Gasteiger partial charge in [-0.25, -0.2) is 4.98 Å². The normalized spacial score (nSPS) is 19.5. The summed E-state index contributed by atoms with van der Waals surface area (Å²) in [6, 6.07) is 0. The van der Waals surface area contributed by atoms with Gasteiger partial charge in [0.25, 0.3) is 5.22 Å². The molecule has 1 heterocycles. The fraction of sp³-hybridized carbons (Fsp3) is 0.727. The van der Waals surface area contributed by atoms with Crippen molar-refractivity contribution in [3.63, 3.8) is 0 Å². The molecule has 1 fully saturated rings. The highest BCUT2D eigenvalue weighted by atomic mass is 32.2. The van der Waals surface area contributed by atoms with E-state index in [1.54, 1.807) is 12.5 Å². The van der Waals surface area contributed by atoms with Crippen LogP contribution in [0.2, 0.25) is 0 Å². The van der Waals surface area contributed by atoms with Crippen LogP contribution in [0.5, 0.6) is 0 Å². The van der Waals surface area contributed by atoms with E-state index in [0.717, 1.165) is 12.3 Å². The van der Waals surface area contributed by atoms with Gasteiger partial charge in [-0.1, -0.05) is 37.4 Å². The maximum atomic E-state index is 9.82. The van der Waals surface area contributed by atoms with Gasteiger partial charge in [-0.2, -0.15) is 0 Å². The first-order chi connectivity index (χ1) is 7.34. The minimum atomic E-state index is -0.218. The monoisotopic (exact) mass is 227 g/mol. The van der Waals surface area contributed by atoms with E-state index in [1.807, 2.05) is 0 Å². The first kappa shape index (κ1) is 11.0. The molecule has 1 aliphatic carbocycles. The third-order valence-electron chi connectivity index (χ3n) is 2.89. The van der Waals surface area contributed by atoms with E-state index in [-0.39, 0.29) is 6.10 Å². The Morgan fingerprint density at radius 2 is 2.33 bits per heavy atom. The summed E-state index contributed by atoms with van der Waals surface area (Å²) in [4.78, 5) is 4.01. The highest BCUT2D eigenvalue weighted by molar-refractivity contribution is 7.99. The van der Waals surface area contributed by atoms with Crippen molar-refractivity contribution < 1.29 is 9.52 Å². The van der Waals surface area contributed by atoms with Crippen molar-refractivity contribution in [2.75, 3.05) is 5.75 Å². The number of aromatic nitrogens is 1. The number of hydrogen-bond donors (Lipinski definition) is 1. The van der Waals surface area contributed by atoms with Gasteiger partial charge in [0.15, 0.2) is 0 Å². The van der Waals surface area contributed by atoms with Crippen LogP contribution in [0.1, 0.15) is 32.1 Å². The summed E-state index contributed by atoms with van der Waals surface area (Å²) in [5.74, 6) is 1.43.